The fraction of sp³-hybridized carbons (Fsp3) is 0. The Morgan fingerprint density at radius 3 is 2.46 bits per heavy atom. The maximum atomic E-state index is 6.22. The van der Waals surface area contributed by atoms with Crippen molar-refractivity contribution in [2.75, 3.05) is 0 Å². The minimum absolute atomic E-state index is 0.878. The zero-order chi connectivity index (χ0) is 16.1. The maximum absolute atomic E-state index is 6.22. The van der Waals surface area contributed by atoms with E-state index in [0.717, 1.165) is 48.6 Å². The third-order valence-corrected chi connectivity index (χ3v) is 4.81. The number of rotatable bonds is 1. The van der Waals surface area contributed by atoms with Crippen LogP contribution in [0.3, 0.4) is 0 Å². The van der Waals surface area contributed by atoms with Gasteiger partial charge in [0.1, 0.15) is 11.2 Å². The number of halogens is 1. The highest BCUT2D eigenvalue weighted by molar-refractivity contribution is 9.10. The second-order valence-corrected chi connectivity index (χ2v) is 6.71. The van der Waals surface area contributed by atoms with Gasteiger partial charge in [-0.3, -0.25) is 0 Å². The van der Waals surface area contributed by atoms with Gasteiger partial charge in [0.15, 0.2) is 0 Å². The van der Waals surface area contributed by atoms with Crippen LogP contribution >= 0.6 is 15.9 Å². The Balaban J connectivity index is 2.06. The van der Waals surface area contributed by atoms with Gasteiger partial charge < -0.3 is 4.42 Å². The lowest BCUT2D eigenvalue weighted by atomic mass is 10.0. The molecular weight excluding hydrogens is 362 g/mol. The molecule has 0 aliphatic carbocycles. The first kappa shape index (κ1) is 13.8. The third kappa shape index (κ3) is 1.98. The van der Waals surface area contributed by atoms with E-state index < -0.39 is 0 Å². The molecule has 0 N–H and O–H groups in total. The highest BCUT2D eigenvalue weighted by atomic mass is 79.9. The molecule has 0 unspecified atom stereocenters. The summed E-state index contributed by atoms with van der Waals surface area (Å²) in [5.41, 5.74) is 4.77. The molecule has 0 fully saturated rings. The Bertz CT molecular complexity index is 1210. The van der Waals surface area contributed by atoms with Crippen molar-refractivity contribution in [3.63, 3.8) is 0 Å². The molecule has 5 aromatic rings. The van der Waals surface area contributed by atoms with Gasteiger partial charge in [-0.15, -0.1) is 0 Å². The Morgan fingerprint density at radius 2 is 1.58 bits per heavy atom. The normalized spacial score (nSPS) is 11.5. The minimum Gasteiger partial charge on any atom is -0.455 e. The summed E-state index contributed by atoms with van der Waals surface area (Å²) in [6.45, 7) is 0. The highest BCUT2D eigenvalue weighted by Gasteiger charge is 2.17. The predicted molar refractivity (Wildman–Crippen MR) is 102 cm³/mol. The second kappa shape index (κ2) is 5.18. The molecule has 0 aliphatic heterocycles. The Labute approximate surface area is 146 Å². The lowest BCUT2D eigenvalue weighted by Gasteiger charge is -2.06. The van der Waals surface area contributed by atoms with Crippen LogP contribution in [0.25, 0.3) is 44.1 Å². The van der Waals surface area contributed by atoms with Crippen LogP contribution in [-0.4, -0.2) is 4.98 Å². The predicted octanol–water partition coefficient (Wildman–Crippen LogP) is 6.56. The fourth-order valence-corrected chi connectivity index (χ4v) is 3.60. The molecule has 3 aromatic carbocycles. The summed E-state index contributed by atoms with van der Waals surface area (Å²) in [5.74, 6) is 0. The van der Waals surface area contributed by atoms with Gasteiger partial charge in [-0.05, 0) is 30.3 Å². The smallest absolute Gasteiger partial charge is 0.147 e. The third-order valence-electron chi connectivity index (χ3n) is 4.31. The summed E-state index contributed by atoms with van der Waals surface area (Å²) >= 11 is 3.57. The number of hydrogen-bond donors (Lipinski definition) is 0. The van der Waals surface area contributed by atoms with Crippen molar-refractivity contribution < 1.29 is 4.42 Å². The lowest BCUT2D eigenvalue weighted by Crippen LogP contribution is -1.87. The monoisotopic (exact) mass is 373 g/mol. The van der Waals surface area contributed by atoms with E-state index in [-0.39, 0.29) is 0 Å². The second-order valence-electron chi connectivity index (χ2n) is 5.79. The Kier molecular flexibility index (Phi) is 2.97. The van der Waals surface area contributed by atoms with E-state index in [1.807, 2.05) is 48.5 Å². The summed E-state index contributed by atoms with van der Waals surface area (Å²) in [7, 11) is 0. The van der Waals surface area contributed by atoms with Gasteiger partial charge in [-0.1, -0.05) is 58.4 Å². The zero-order valence-corrected chi connectivity index (χ0v) is 14.2. The largest absolute Gasteiger partial charge is 0.455 e. The number of furan rings is 1. The van der Waals surface area contributed by atoms with E-state index in [2.05, 4.69) is 40.2 Å². The molecule has 2 aromatic heterocycles. The summed E-state index contributed by atoms with van der Waals surface area (Å²) < 4.78 is 7.25. The zero-order valence-electron chi connectivity index (χ0n) is 12.7. The van der Waals surface area contributed by atoms with Crippen LogP contribution in [0, 0.1) is 0 Å². The summed E-state index contributed by atoms with van der Waals surface area (Å²) in [6, 6.07) is 24.5. The molecule has 5 rings (SSSR count). The van der Waals surface area contributed by atoms with Crippen LogP contribution in [0.2, 0.25) is 0 Å². The van der Waals surface area contributed by atoms with Crippen molar-refractivity contribution in [3.05, 3.63) is 77.3 Å². The molecule has 114 valence electrons. The minimum atomic E-state index is 0.878. The number of hydrogen-bond acceptors (Lipinski definition) is 2. The van der Waals surface area contributed by atoms with E-state index in [0.29, 0.717) is 0 Å². The lowest BCUT2D eigenvalue weighted by molar-refractivity contribution is 0.672. The van der Waals surface area contributed by atoms with E-state index in [1.165, 1.54) is 0 Å². The van der Waals surface area contributed by atoms with Crippen molar-refractivity contribution in [1.82, 2.24) is 4.98 Å². The van der Waals surface area contributed by atoms with Crippen molar-refractivity contribution in [2.45, 2.75) is 0 Å². The molecule has 3 heteroatoms. The van der Waals surface area contributed by atoms with E-state index >= 15 is 0 Å². The van der Waals surface area contributed by atoms with E-state index in [4.69, 9.17) is 9.40 Å². The van der Waals surface area contributed by atoms with Crippen LogP contribution in [0.5, 0.6) is 0 Å². The average molecular weight is 374 g/mol. The average Bonchev–Trinajstić information content (AvgIpc) is 3.01. The van der Waals surface area contributed by atoms with E-state index in [1.54, 1.807) is 0 Å². The number of fused-ring (bicyclic) bond motifs is 5. The summed E-state index contributed by atoms with van der Waals surface area (Å²) in [5, 5.41) is 3.19. The molecule has 0 aliphatic rings. The molecular formula is C21H12BrNO. The van der Waals surface area contributed by atoms with Crippen molar-refractivity contribution >= 4 is 48.8 Å². The molecule has 0 bridgehead atoms. The molecule has 0 atom stereocenters. The van der Waals surface area contributed by atoms with Gasteiger partial charge in [0.25, 0.3) is 0 Å². The van der Waals surface area contributed by atoms with Crippen LogP contribution in [-0.2, 0) is 0 Å². The molecule has 2 heterocycles. The first-order valence-electron chi connectivity index (χ1n) is 7.77. The van der Waals surface area contributed by atoms with Crippen LogP contribution in [0.15, 0.2) is 81.7 Å². The van der Waals surface area contributed by atoms with Crippen molar-refractivity contribution in [1.29, 1.82) is 0 Å². The molecule has 24 heavy (non-hydrogen) atoms. The topological polar surface area (TPSA) is 26.0 Å². The highest BCUT2D eigenvalue weighted by Crippen LogP contribution is 2.39. The molecule has 2 nitrogen and oxygen atoms in total. The SMILES string of the molecule is Brc1ccc2oc3c4ccccc4nc(-c4ccccc4)c3c2c1. The number of pyridine rings is 1. The van der Waals surface area contributed by atoms with Crippen molar-refractivity contribution in [3.8, 4) is 11.3 Å². The molecule has 0 amide bonds. The van der Waals surface area contributed by atoms with E-state index in [9.17, 15) is 0 Å². The fourth-order valence-electron chi connectivity index (χ4n) is 3.24. The standard InChI is InChI=1S/C21H12BrNO/c22-14-10-11-18-16(12-14)19-20(13-6-2-1-3-7-13)23-17-9-5-4-8-15(17)21(19)24-18/h1-12H. The van der Waals surface area contributed by atoms with Crippen LogP contribution < -0.4 is 0 Å². The Hall–Kier alpha value is -2.65. The van der Waals surface area contributed by atoms with Gasteiger partial charge in [-0.2, -0.15) is 0 Å². The van der Waals surface area contributed by atoms with Crippen molar-refractivity contribution in [2.24, 2.45) is 0 Å². The number of benzene rings is 3. The summed E-state index contributed by atoms with van der Waals surface area (Å²) in [4.78, 5) is 4.95. The molecule has 0 spiro atoms. The molecule has 0 saturated carbocycles. The quantitative estimate of drug-likeness (QED) is 0.332. The van der Waals surface area contributed by atoms with Gasteiger partial charge in [0.05, 0.1) is 16.6 Å². The summed E-state index contributed by atoms with van der Waals surface area (Å²) in [6.07, 6.45) is 0. The van der Waals surface area contributed by atoms with Crippen LogP contribution in [0.4, 0.5) is 0 Å². The van der Waals surface area contributed by atoms with Gasteiger partial charge in [0.2, 0.25) is 0 Å². The first-order valence-corrected chi connectivity index (χ1v) is 8.56. The number of aromatic nitrogens is 1. The molecule has 0 radical (unpaired) electrons. The Morgan fingerprint density at radius 1 is 0.792 bits per heavy atom. The first-order chi connectivity index (χ1) is 11.8. The maximum Gasteiger partial charge on any atom is 0.147 e. The number of para-hydroxylation sites is 1. The van der Waals surface area contributed by atoms with Gasteiger partial charge in [-0.25, -0.2) is 4.98 Å². The number of nitrogens with zero attached hydrogens (tertiary/aromatic N) is 1. The van der Waals surface area contributed by atoms with Crippen LogP contribution in [0.1, 0.15) is 0 Å². The van der Waals surface area contributed by atoms with Gasteiger partial charge in [0, 0.05) is 20.8 Å². The molecule has 0 saturated heterocycles. The van der Waals surface area contributed by atoms with Gasteiger partial charge >= 0.3 is 0 Å².